The minimum Gasteiger partial charge on any atom is -0.339 e. The average molecular weight is 179 g/mol. The quantitative estimate of drug-likeness (QED) is 0.706. The van der Waals surface area contributed by atoms with Crippen LogP contribution in [0.2, 0.25) is 0 Å². The van der Waals surface area contributed by atoms with Crippen LogP contribution in [0.5, 0.6) is 0 Å². The van der Waals surface area contributed by atoms with Crippen molar-refractivity contribution in [1.82, 2.24) is 10.1 Å². The fraction of sp³-hybridized carbons (Fsp3) is 0.667. The van der Waals surface area contributed by atoms with E-state index in [1.54, 1.807) is 0 Å². The van der Waals surface area contributed by atoms with Crippen LogP contribution in [0, 0.1) is 17.2 Å². The largest absolute Gasteiger partial charge is 0.339 e. The van der Waals surface area contributed by atoms with Crippen molar-refractivity contribution < 1.29 is 4.52 Å². The van der Waals surface area contributed by atoms with Gasteiger partial charge >= 0.3 is 0 Å². The van der Waals surface area contributed by atoms with E-state index in [0.717, 1.165) is 12.2 Å². The van der Waals surface area contributed by atoms with Crippen LogP contribution in [0.25, 0.3) is 0 Å². The minimum absolute atomic E-state index is 0.287. The van der Waals surface area contributed by atoms with Crippen LogP contribution in [0.15, 0.2) is 4.52 Å². The first-order valence-electron chi connectivity index (χ1n) is 4.44. The number of hydrogen-bond acceptors (Lipinski definition) is 4. The zero-order valence-corrected chi connectivity index (χ0v) is 7.95. The summed E-state index contributed by atoms with van der Waals surface area (Å²) in [7, 11) is 0. The van der Waals surface area contributed by atoms with Crippen LogP contribution in [0.1, 0.15) is 32.0 Å². The number of nitrogens with zero attached hydrogens (tertiary/aromatic N) is 3. The van der Waals surface area contributed by atoms with Gasteiger partial charge in [0.2, 0.25) is 5.89 Å². The van der Waals surface area contributed by atoms with Gasteiger partial charge in [-0.1, -0.05) is 19.0 Å². The Kier molecular flexibility index (Phi) is 3.44. The molecule has 1 aromatic heterocycles. The molecule has 1 heterocycles. The van der Waals surface area contributed by atoms with Gasteiger partial charge in [-0.05, 0) is 5.92 Å². The number of hydrogen-bond donors (Lipinski definition) is 0. The molecule has 0 aromatic carbocycles. The summed E-state index contributed by atoms with van der Waals surface area (Å²) in [5.74, 6) is 1.66. The predicted octanol–water partition coefficient (Wildman–Crippen LogP) is 1.72. The second-order valence-electron chi connectivity index (χ2n) is 3.13. The summed E-state index contributed by atoms with van der Waals surface area (Å²) in [5, 5.41) is 12.2. The van der Waals surface area contributed by atoms with Crippen molar-refractivity contribution in [2.75, 3.05) is 0 Å². The van der Waals surface area contributed by atoms with E-state index in [1.807, 2.05) is 13.8 Å². The molecular formula is C9H13N3O. The lowest BCUT2D eigenvalue weighted by Gasteiger charge is -2.00. The Hall–Kier alpha value is -1.37. The van der Waals surface area contributed by atoms with Crippen LogP contribution in [-0.4, -0.2) is 10.1 Å². The van der Waals surface area contributed by atoms with E-state index in [9.17, 15) is 0 Å². The summed E-state index contributed by atoms with van der Waals surface area (Å²) >= 11 is 0. The Balaban J connectivity index is 2.49. The molecule has 1 aromatic rings. The van der Waals surface area contributed by atoms with E-state index >= 15 is 0 Å². The third-order valence-electron chi connectivity index (χ3n) is 1.79. The maximum Gasteiger partial charge on any atom is 0.226 e. The molecule has 0 saturated carbocycles. The topological polar surface area (TPSA) is 62.7 Å². The molecule has 1 unspecified atom stereocenters. The molecule has 0 fully saturated rings. The van der Waals surface area contributed by atoms with Crippen LogP contribution in [-0.2, 0) is 12.8 Å². The highest BCUT2D eigenvalue weighted by atomic mass is 16.5. The molecule has 1 atom stereocenters. The molecule has 4 heteroatoms. The van der Waals surface area contributed by atoms with Gasteiger partial charge in [0.05, 0.1) is 6.07 Å². The van der Waals surface area contributed by atoms with Crippen LogP contribution in [0.4, 0.5) is 0 Å². The molecule has 0 radical (unpaired) electrons. The molecule has 0 aliphatic carbocycles. The van der Waals surface area contributed by atoms with Crippen LogP contribution >= 0.6 is 0 Å². The standard InChI is InChI=1S/C9H13N3O/c1-3-8-11-9(13-12-8)6-7(2)4-5-10/h7H,3-4,6H2,1-2H3. The molecule has 0 aliphatic rings. The monoisotopic (exact) mass is 179 g/mol. The molecule has 0 aliphatic heterocycles. The van der Waals surface area contributed by atoms with Crippen molar-refractivity contribution in [2.45, 2.75) is 33.1 Å². The lowest BCUT2D eigenvalue weighted by molar-refractivity contribution is 0.355. The first kappa shape index (κ1) is 9.72. The molecule has 13 heavy (non-hydrogen) atoms. The molecule has 0 amide bonds. The molecule has 1 rings (SSSR count). The average Bonchev–Trinajstić information content (AvgIpc) is 2.52. The van der Waals surface area contributed by atoms with Crippen LogP contribution in [0.3, 0.4) is 0 Å². The molecule has 0 bridgehead atoms. The van der Waals surface area contributed by atoms with Gasteiger partial charge in [0.1, 0.15) is 0 Å². The Morgan fingerprint density at radius 1 is 1.62 bits per heavy atom. The summed E-state index contributed by atoms with van der Waals surface area (Å²) in [6.45, 7) is 3.98. The van der Waals surface area contributed by atoms with Gasteiger partial charge < -0.3 is 4.52 Å². The maximum absolute atomic E-state index is 8.45. The van der Waals surface area contributed by atoms with Gasteiger partial charge in [-0.25, -0.2) is 0 Å². The minimum atomic E-state index is 0.287. The number of nitriles is 1. The van der Waals surface area contributed by atoms with E-state index < -0.39 is 0 Å². The second-order valence-corrected chi connectivity index (χ2v) is 3.13. The van der Waals surface area contributed by atoms with Gasteiger partial charge in [-0.2, -0.15) is 10.2 Å². The fourth-order valence-corrected chi connectivity index (χ4v) is 1.04. The maximum atomic E-state index is 8.45. The predicted molar refractivity (Wildman–Crippen MR) is 46.8 cm³/mol. The van der Waals surface area contributed by atoms with Crippen molar-refractivity contribution >= 4 is 0 Å². The highest BCUT2D eigenvalue weighted by Gasteiger charge is 2.09. The zero-order chi connectivity index (χ0) is 9.68. The summed E-state index contributed by atoms with van der Waals surface area (Å²) in [5.41, 5.74) is 0. The van der Waals surface area contributed by atoms with Gasteiger partial charge in [0, 0.05) is 19.3 Å². The second kappa shape index (κ2) is 4.61. The van der Waals surface area contributed by atoms with E-state index in [-0.39, 0.29) is 5.92 Å². The van der Waals surface area contributed by atoms with E-state index in [0.29, 0.717) is 18.7 Å². The van der Waals surface area contributed by atoms with E-state index in [1.165, 1.54) is 0 Å². The summed E-state index contributed by atoms with van der Waals surface area (Å²) in [6.07, 6.45) is 2.01. The number of aromatic nitrogens is 2. The van der Waals surface area contributed by atoms with Gasteiger partial charge in [-0.3, -0.25) is 0 Å². The third-order valence-corrected chi connectivity index (χ3v) is 1.79. The summed E-state index contributed by atoms with van der Waals surface area (Å²) < 4.78 is 5.00. The van der Waals surface area contributed by atoms with Crippen molar-refractivity contribution in [1.29, 1.82) is 5.26 Å². The Morgan fingerprint density at radius 3 is 2.92 bits per heavy atom. The molecule has 0 spiro atoms. The third kappa shape index (κ3) is 2.86. The Labute approximate surface area is 77.6 Å². The van der Waals surface area contributed by atoms with E-state index in [4.69, 9.17) is 9.78 Å². The normalized spacial score (nSPS) is 12.4. The van der Waals surface area contributed by atoms with E-state index in [2.05, 4.69) is 16.2 Å². The molecule has 4 nitrogen and oxygen atoms in total. The van der Waals surface area contributed by atoms with Crippen molar-refractivity contribution in [3.8, 4) is 6.07 Å². The fourth-order valence-electron chi connectivity index (χ4n) is 1.04. The van der Waals surface area contributed by atoms with Crippen molar-refractivity contribution in [2.24, 2.45) is 5.92 Å². The van der Waals surface area contributed by atoms with Gasteiger partial charge in [-0.15, -0.1) is 0 Å². The highest BCUT2D eigenvalue weighted by Crippen LogP contribution is 2.09. The van der Waals surface area contributed by atoms with Crippen LogP contribution < -0.4 is 0 Å². The molecule has 0 N–H and O–H groups in total. The first-order valence-corrected chi connectivity index (χ1v) is 4.44. The number of aryl methyl sites for hydroxylation is 1. The summed E-state index contributed by atoms with van der Waals surface area (Å²) in [6, 6.07) is 2.12. The Morgan fingerprint density at radius 2 is 2.38 bits per heavy atom. The first-order chi connectivity index (χ1) is 6.26. The molecule has 0 saturated heterocycles. The van der Waals surface area contributed by atoms with Crippen molar-refractivity contribution in [3.05, 3.63) is 11.7 Å². The Bertz CT molecular complexity index is 300. The lowest BCUT2D eigenvalue weighted by Crippen LogP contribution is -1.98. The van der Waals surface area contributed by atoms with Gasteiger partial charge in [0.25, 0.3) is 0 Å². The van der Waals surface area contributed by atoms with Crippen molar-refractivity contribution in [3.63, 3.8) is 0 Å². The molecular weight excluding hydrogens is 166 g/mol. The lowest BCUT2D eigenvalue weighted by atomic mass is 10.1. The highest BCUT2D eigenvalue weighted by molar-refractivity contribution is 4.88. The smallest absolute Gasteiger partial charge is 0.226 e. The SMILES string of the molecule is CCc1noc(CC(C)CC#N)n1. The van der Waals surface area contributed by atoms with Gasteiger partial charge in [0.15, 0.2) is 5.82 Å². The zero-order valence-electron chi connectivity index (χ0n) is 7.95. The molecule has 70 valence electrons. The number of rotatable bonds is 4. The summed E-state index contributed by atoms with van der Waals surface area (Å²) in [4.78, 5) is 4.16.